The Hall–Kier alpha value is -2.72. The number of allylic oxidation sites excluding steroid dienone is 1. The van der Waals surface area contributed by atoms with Gasteiger partial charge in [-0.25, -0.2) is 0 Å². The van der Waals surface area contributed by atoms with E-state index in [4.69, 9.17) is 9.47 Å². The lowest BCUT2D eigenvalue weighted by molar-refractivity contribution is -0.142. The maximum atomic E-state index is 12.4. The quantitative estimate of drug-likeness (QED) is 0.499. The van der Waals surface area contributed by atoms with Gasteiger partial charge in [-0.1, -0.05) is 66.7 Å². The fraction of sp³-hybridized carbons (Fsp3) is 0.360. The third kappa shape index (κ3) is 5.01. The molecule has 1 saturated carbocycles. The van der Waals surface area contributed by atoms with Crippen LogP contribution in [0.5, 0.6) is 0 Å². The lowest BCUT2D eigenvalue weighted by Crippen LogP contribution is -2.21. The summed E-state index contributed by atoms with van der Waals surface area (Å²) in [6.07, 6.45) is 5.80. The molecule has 0 amide bonds. The summed E-state index contributed by atoms with van der Waals surface area (Å²) in [5.74, 6) is 0.0805. The summed E-state index contributed by atoms with van der Waals surface area (Å²) >= 11 is 0. The van der Waals surface area contributed by atoms with Crippen molar-refractivity contribution in [3.05, 3.63) is 83.9 Å². The fourth-order valence-corrected chi connectivity index (χ4v) is 4.33. The Morgan fingerprint density at radius 1 is 1.03 bits per heavy atom. The monoisotopic (exact) mass is 390 g/mol. The number of carbonyl (C=O) groups is 2. The van der Waals surface area contributed by atoms with E-state index in [-0.39, 0.29) is 35.8 Å². The van der Waals surface area contributed by atoms with Gasteiger partial charge in [0.1, 0.15) is 6.10 Å². The first kappa shape index (κ1) is 19.6. The van der Waals surface area contributed by atoms with E-state index in [0.29, 0.717) is 25.9 Å². The lowest BCUT2D eigenvalue weighted by Gasteiger charge is -2.20. The van der Waals surface area contributed by atoms with Crippen LogP contribution < -0.4 is 0 Å². The van der Waals surface area contributed by atoms with Gasteiger partial charge in [0.15, 0.2) is 5.78 Å². The van der Waals surface area contributed by atoms with Crippen LogP contribution in [-0.4, -0.2) is 24.0 Å². The highest BCUT2D eigenvalue weighted by Crippen LogP contribution is 2.43. The molecule has 0 N–H and O–H groups in total. The Morgan fingerprint density at radius 2 is 1.72 bits per heavy atom. The van der Waals surface area contributed by atoms with Gasteiger partial charge in [0.2, 0.25) is 0 Å². The number of benzene rings is 2. The van der Waals surface area contributed by atoms with E-state index < -0.39 is 0 Å². The second-order valence-corrected chi connectivity index (χ2v) is 7.86. The number of carbonyl (C=O) groups excluding carboxylic acids is 2. The molecule has 2 aromatic rings. The largest absolute Gasteiger partial charge is 0.462 e. The zero-order chi connectivity index (χ0) is 20.1. The van der Waals surface area contributed by atoms with E-state index >= 15 is 0 Å². The van der Waals surface area contributed by atoms with E-state index in [1.807, 2.05) is 66.7 Å². The van der Waals surface area contributed by atoms with Crippen LogP contribution in [0.1, 0.15) is 30.4 Å². The van der Waals surface area contributed by atoms with Crippen molar-refractivity contribution in [1.29, 1.82) is 0 Å². The maximum absolute atomic E-state index is 12.4. The molecule has 1 aliphatic heterocycles. The van der Waals surface area contributed by atoms with Gasteiger partial charge in [-0.05, 0) is 23.6 Å². The summed E-state index contributed by atoms with van der Waals surface area (Å²) in [5.41, 5.74) is 2.28. The molecule has 4 nitrogen and oxygen atoms in total. The van der Waals surface area contributed by atoms with Crippen molar-refractivity contribution < 1.29 is 19.1 Å². The Balaban J connectivity index is 1.37. The van der Waals surface area contributed by atoms with Crippen LogP contribution in [0.15, 0.2) is 72.8 Å². The number of ether oxygens (including phenoxy) is 2. The van der Waals surface area contributed by atoms with Crippen molar-refractivity contribution in [3.63, 3.8) is 0 Å². The summed E-state index contributed by atoms with van der Waals surface area (Å²) in [6, 6.07) is 20.1. The predicted molar refractivity (Wildman–Crippen MR) is 110 cm³/mol. The molecule has 1 heterocycles. The number of hydrogen-bond donors (Lipinski definition) is 0. The highest BCUT2D eigenvalue weighted by atomic mass is 16.6. The van der Waals surface area contributed by atoms with Gasteiger partial charge in [-0.2, -0.15) is 0 Å². The third-order valence-electron chi connectivity index (χ3n) is 5.87. The Kier molecular flexibility index (Phi) is 6.20. The van der Waals surface area contributed by atoms with E-state index in [1.165, 1.54) is 0 Å². The molecular formula is C25H26O4. The van der Waals surface area contributed by atoms with E-state index in [1.54, 1.807) is 6.08 Å². The van der Waals surface area contributed by atoms with E-state index in [9.17, 15) is 9.59 Å². The smallest absolute Gasteiger partial charge is 0.306 e. The molecule has 1 saturated heterocycles. The van der Waals surface area contributed by atoms with Crippen LogP contribution in [0.4, 0.5) is 0 Å². The molecule has 0 spiro atoms. The van der Waals surface area contributed by atoms with Crippen LogP contribution in [0.3, 0.4) is 0 Å². The zero-order valence-corrected chi connectivity index (χ0v) is 16.4. The molecule has 2 aromatic carbocycles. The number of rotatable bonds is 8. The third-order valence-corrected chi connectivity index (χ3v) is 5.87. The van der Waals surface area contributed by atoms with Gasteiger partial charge in [-0.15, -0.1) is 0 Å². The molecule has 4 rings (SSSR count). The molecule has 29 heavy (non-hydrogen) atoms. The highest BCUT2D eigenvalue weighted by molar-refractivity contribution is 5.89. The second-order valence-electron chi connectivity index (χ2n) is 7.86. The predicted octanol–water partition coefficient (Wildman–Crippen LogP) is 4.28. The number of fused-ring (bicyclic) bond motifs is 1. The Labute approximate surface area is 171 Å². The molecule has 150 valence electrons. The average molecular weight is 390 g/mol. The molecule has 2 aliphatic rings. The van der Waals surface area contributed by atoms with Gasteiger partial charge >= 0.3 is 5.97 Å². The topological polar surface area (TPSA) is 52.6 Å². The summed E-state index contributed by atoms with van der Waals surface area (Å²) < 4.78 is 11.7. The van der Waals surface area contributed by atoms with E-state index in [0.717, 1.165) is 17.5 Å². The Bertz CT molecular complexity index is 859. The normalized spacial score (nSPS) is 25.9. The number of aryl methyl sites for hydroxylation is 1. The Morgan fingerprint density at radius 3 is 2.45 bits per heavy atom. The van der Waals surface area contributed by atoms with Gasteiger partial charge in [0.05, 0.1) is 19.1 Å². The number of hydrogen-bond acceptors (Lipinski definition) is 4. The van der Waals surface area contributed by atoms with Crippen molar-refractivity contribution in [2.75, 3.05) is 0 Å². The van der Waals surface area contributed by atoms with E-state index in [2.05, 4.69) is 0 Å². The summed E-state index contributed by atoms with van der Waals surface area (Å²) in [5, 5.41) is 0. The van der Waals surface area contributed by atoms with Crippen LogP contribution in [0.25, 0.3) is 0 Å². The first-order valence-electron chi connectivity index (χ1n) is 10.3. The molecule has 0 aromatic heterocycles. The van der Waals surface area contributed by atoms with Crippen LogP contribution >= 0.6 is 0 Å². The molecule has 0 radical (unpaired) electrons. The van der Waals surface area contributed by atoms with Crippen molar-refractivity contribution in [1.82, 2.24) is 0 Å². The molecule has 1 aliphatic carbocycles. The average Bonchev–Trinajstić information content (AvgIpc) is 3.26. The van der Waals surface area contributed by atoms with Crippen LogP contribution in [0, 0.1) is 11.8 Å². The molecule has 2 fully saturated rings. The highest BCUT2D eigenvalue weighted by Gasteiger charge is 2.49. The standard InChI is InChI=1S/C25H26O4/c26-20(12-11-18-7-3-1-4-8-18)13-14-21-22-15-25(27)29-24(22)16-23(21)28-17-19-9-5-2-6-10-19/h1-10,13-14,21-24H,11-12,15-17H2/b14-13+/t21-,22-,23-,24+/m1/s1. The first-order valence-corrected chi connectivity index (χ1v) is 10.3. The maximum Gasteiger partial charge on any atom is 0.306 e. The molecule has 4 atom stereocenters. The summed E-state index contributed by atoms with van der Waals surface area (Å²) in [4.78, 5) is 24.1. The van der Waals surface area contributed by atoms with Crippen molar-refractivity contribution in [3.8, 4) is 0 Å². The molecular weight excluding hydrogens is 364 g/mol. The molecule has 4 heteroatoms. The van der Waals surface area contributed by atoms with Crippen molar-refractivity contribution in [2.24, 2.45) is 11.8 Å². The van der Waals surface area contributed by atoms with Gasteiger partial charge in [0, 0.05) is 24.7 Å². The van der Waals surface area contributed by atoms with Gasteiger partial charge in [-0.3, -0.25) is 9.59 Å². The molecule has 0 unspecified atom stereocenters. The number of ketones is 1. The van der Waals surface area contributed by atoms with Crippen molar-refractivity contribution in [2.45, 2.75) is 44.5 Å². The zero-order valence-electron chi connectivity index (χ0n) is 16.4. The van der Waals surface area contributed by atoms with Gasteiger partial charge in [0.25, 0.3) is 0 Å². The summed E-state index contributed by atoms with van der Waals surface area (Å²) in [6.45, 7) is 0.519. The minimum atomic E-state index is -0.143. The lowest BCUT2D eigenvalue weighted by atomic mass is 9.91. The second kappa shape index (κ2) is 9.19. The number of esters is 1. The van der Waals surface area contributed by atoms with Crippen LogP contribution in [-0.2, 0) is 32.1 Å². The minimum Gasteiger partial charge on any atom is -0.462 e. The fourth-order valence-electron chi connectivity index (χ4n) is 4.33. The summed E-state index contributed by atoms with van der Waals surface area (Å²) in [7, 11) is 0. The first-order chi connectivity index (χ1) is 14.2. The minimum absolute atomic E-state index is 0.0239. The molecule has 0 bridgehead atoms. The van der Waals surface area contributed by atoms with Crippen LogP contribution in [0.2, 0.25) is 0 Å². The van der Waals surface area contributed by atoms with Crippen molar-refractivity contribution >= 4 is 11.8 Å². The van der Waals surface area contributed by atoms with Gasteiger partial charge < -0.3 is 9.47 Å². The SMILES string of the molecule is O=C(/C=C/[C@@H]1[C@H]2CC(=O)O[C@H]2C[C@H]1OCc1ccccc1)CCc1ccccc1.